The van der Waals surface area contributed by atoms with E-state index in [0.717, 1.165) is 11.1 Å². The fourth-order valence-electron chi connectivity index (χ4n) is 3.21. The van der Waals surface area contributed by atoms with Gasteiger partial charge in [-0.25, -0.2) is 9.37 Å². The minimum absolute atomic E-state index is 0.199. The van der Waals surface area contributed by atoms with Crippen molar-refractivity contribution in [1.82, 2.24) is 19.4 Å². The highest BCUT2D eigenvalue weighted by atomic mass is 19.1. The summed E-state index contributed by atoms with van der Waals surface area (Å²) < 4.78 is 14.6. The zero-order valence-corrected chi connectivity index (χ0v) is 14.9. The number of hydrogen-bond donors (Lipinski definition) is 1. The molecule has 1 amide bonds. The van der Waals surface area contributed by atoms with Crippen LogP contribution in [-0.2, 0) is 19.6 Å². The third kappa shape index (κ3) is 3.41. The molecule has 2 aromatic heterocycles. The van der Waals surface area contributed by atoms with Gasteiger partial charge < -0.3 is 10.0 Å². The predicted molar refractivity (Wildman–Crippen MR) is 98.4 cm³/mol. The standard InChI is InChI=1S/C20H17FN4O3/c21-15-1-3-17(4-2-15)25-11-14-10-24(6-5-13(14)7-19(25)27)20(28)18-9-22-16(12-26)8-23-18/h1-4,7-9,11,26H,5-6,10,12H2. The van der Waals surface area contributed by atoms with Crippen molar-refractivity contribution < 1.29 is 14.3 Å². The van der Waals surface area contributed by atoms with Crippen LogP contribution in [0.2, 0.25) is 0 Å². The van der Waals surface area contributed by atoms with E-state index in [1.165, 1.54) is 41.2 Å². The molecule has 1 aromatic carbocycles. The number of hydrogen-bond acceptors (Lipinski definition) is 5. The van der Waals surface area contributed by atoms with E-state index < -0.39 is 0 Å². The number of aliphatic hydroxyl groups excluding tert-OH is 1. The molecule has 0 saturated heterocycles. The van der Waals surface area contributed by atoms with Gasteiger partial charge in [0.25, 0.3) is 11.5 Å². The molecule has 7 nitrogen and oxygen atoms in total. The van der Waals surface area contributed by atoms with E-state index in [2.05, 4.69) is 9.97 Å². The molecule has 0 bridgehead atoms. The van der Waals surface area contributed by atoms with Crippen molar-refractivity contribution in [2.45, 2.75) is 19.6 Å². The maximum absolute atomic E-state index is 13.2. The van der Waals surface area contributed by atoms with Crippen LogP contribution in [0, 0.1) is 5.82 Å². The lowest BCUT2D eigenvalue weighted by atomic mass is 10.0. The summed E-state index contributed by atoms with van der Waals surface area (Å²) in [5, 5.41) is 9.04. The normalized spacial score (nSPS) is 13.3. The number of amides is 1. The molecular formula is C20H17FN4O3. The molecule has 0 saturated carbocycles. The number of rotatable bonds is 3. The Morgan fingerprint density at radius 3 is 2.61 bits per heavy atom. The van der Waals surface area contributed by atoms with Crippen molar-refractivity contribution in [3.8, 4) is 5.69 Å². The second-order valence-corrected chi connectivity index (χ2v) is 6.54. The smallest absolute Gasteiger partial charge is 0.274 e. The maximum Gasteiger partial charge on any atom is 0.274 e. The summed E-state index contributed by atoms with van der Waals surface area (Å²) in [6.07, 6.45) is 4.98. The largest absolute Gasteiger partial charge is 0.390 e. The third-order valence-corrected chi connectivity index (χ3v) is 4.72. The Balaban J connectivity index is 1.62. The Morgan fingerprint density at radius 2 is 1.93 bits per heavy atom. The van der Waals surface area contributed by atoms with Crippen LogP contribution >= 0.6 is 0 Å². The average molecular weight is 380 g/mol. The highest BCUT2D eigenvalue weighted by Gasteiger charge is 2.24. The van der Waals surface area contributed by atoms with Gasteiger partial charge in [0, 0.05) is 31.0 Å². The number of carbonyl (C=O) groups is 1. The minimum Gasteiger partial charge on any atom is -0.390 e. The molecular weight excluding hydrogens is 363 g/mol. The molecule has 3 aromatic rings. The van der Waals surface area contributed by atoms with Crippen molar-refractivity contribution in [3.63, 3.8) is 0 Å². The van der Waals surface area contributed by atoms with Gasteiger partial charge in [-0.1, -0.05) is 0 Å². The van der Waals surface area contributed by atoms with E-state index in [4.69, 9.17) is 5.11 Å². The van der Waals surface area contributed by atoms with Crippen LogP contribution in [0.4, 0.5) is 4.39 Å². The molecule has 0 aliphatic carbocycles. The number of carbonyl (C=O) groups excluding carboxylic acids is 1. The number of aliphatic hydroxyl groups is 1. The molecule has 0 atom stereocenters. The summed E-state index contributed by atoms with van der Waals surface area (Å²) in [5.41, 5.74) is 2.70. The van der Waals surface area contributed by atoms with Gasteiger partial charge in [-0.05, 0) is 41.8 Å². The minimum atomic E-state index is -0.375. The summed E-state index contributed by atoms with van der Waals surface area (Å²) in [6, 6.07) is 7.23. The lowest BCUT2D eigenvalue weighted by molar-refractivity contribution is 0.0727. The molecule has 1 aliphatic rings. The highest BCUT2D eigenvalue weighted by molar-refractivity contribution is 5.92. The van der Waals surface area contributed by atoms with E-state index >= 15 is 0 Å². The number of fused-ring (bicyclic) bond motifs is 1. The van der Waals surface area contributed by atoms with Crippen LogP contribution in [0.25, 0.3) is 5.69 Å². The zero-order chi connectivity index (χ0) is 19.7. The summed E-state index contributed by atoms with van der Waals surface area (Å²) in [6.45, 7) is 0.563. The first-order chi connectivity index (χ1) is 13.5. The third-order valence-electron chi connectivity index (χ3n) is 4.72. The summed E-state index contributed by atoms with van der Waals surface area (Å²) in [5.74, 6) is -0.637. The van der Waals surface area contributed by atoms with Crippen molar-refractivity contribution in [3.05, 3.63) is 87.6 Å². The van der Waals surface area contributed by atoms with Gasteiger partial charge in [-0.3, -0.25) is 19.1 Å². The SMILES string of the molecule is O=C(c1cnc(CO)cn1)N1CCc2cc(=O)n(-c3ccc(F)cc3)cc2C1. The Morgan fingerprint density at radius 1 is 1.14 bits per heavy atom. The zero-order valence-electron chi connectivity index (χ0n) is 14.9. The van der Waals surface area contributed by atoms with Crippen LogP contribution < -0.4 is 5.56 Å². The summed E-state index contributed by atoms with van der Waals surface area (Å²) >= 11 is 0. The molecule has 1 N–H and O–H groups in total. The first-order valence-electron chi connectivity index (χ1n) is 8.76. The van der Waals surface area contributed by atoms with Gasteiger partial charge in [0.1, 0.15) is 11.5 Å². The molecule has 8 heteroatoms. The first-order valence-corrected chi connectivity index (χ1v) is 8.76. The average Bonchev–Trinajstić information content (AvgIpc) is 2.73. The van der Waals surface area contributed by atoms with Crippen LogP contribution in [0.3, 0.4) is 0 Å². The second-order valence-electron chi connectivity index (χ2n) is 6.54. The van der Waals surface area contributed by atoms with E-state index in [1.807, 2.05) is 0 Å². The quantitative estimate of drug-likeness (QED) is 0.743. The monoisotopic (exact) mass is 380 g/mol. The number of benzene rings is 1. The van der Waals surface area contributed by atoms with Crippen molar-refractivity contribution >= 4 is 5.91 Å². The Kier molecular flexibility index (Phi) is 4.70. The molecule has 0 unspecified atom stereocenters. The van der Waals surface area contributed by atoms with Crippen LogP contribution in [0.5, 0.6) is 0 Å². The van der Waals surface area contributed by atoms with Crippen molar-refractivity contribution in [1.29, 1.82) is 0 Å². The Bertz CT molecular complexity index is 1080. The lowest BCUT2D eigenvalue weighted by Gasteiger charge is -2.29. The summed E-state index contributed by atoms with van der Waals surface area (Å²) in [7, 11) is 0. The molecule has 0 radical (unpaired) electrons. The number of nitrogens with zero attached hydrogens (tertiary/aromatic N) is 4. The highest BCUT2D eigenvalue weighted by Crippen LogP contribution is 2.20. The topological polar surface area (TPSA) is 88.3 Å². The van der Waals surface area contributed by atoms with Gasteiger partial charge in [0.2, 0.25) is 0 Å². The van der Waals surface area contributed by atoms with Crippen LogP contribution in [0.1, 0.15) is 27.3 Å². The fraction of sp³-hybridized carbons (Fsp3) is 0.200. The Labute approximate surface area is 159 Å². The van der Waals surface area contributed by atoms with E-state index in [0.29, 0.717) is 30.9 Å². The predicted octanol–water partition coefficient (Wildman–Crippen LogP) is 1.46. The first kappa shape index (κ1) is 18.0. The van der Waals surface area contributed by atoms with Crippen LogP contribution in [-0.4, -0.2) is 37.0 Å². The number of halogens is 1. The van der Waals surface area contributed by atoms with Gasteiger partial charge in [-0.2, -0.15) is 0 Å². The van der Waals surface area contributed by atoms with E-state index in [9.17, 15) is 14.0 Å². The van der Waals surface area contributed by atoms with Gasteiger partial charge in [-0.15, -0.1) is 0 Å². The maximum atomic E-state index is 13.2. The lowest BCUT2D eigenvalue weighted by Crippen LogP contribution is -2.37. The molecule has 1 aliphatic heterocycles. The van der Waals surface area contributed by atoms with Crippen molar-refractivity contribution in [2.24, 2.45) is 0 Å². The molecule has 4 rings (SSSR count). The molecule has 28 heavy (non-hydrogen) atoms. The molecule has 3 heterocycles. The van der Waals surface area contributed by atoms with Gasteiger partial charge in [0.05, 0.1) is 24.7 Å². The van der Waals surface area contributed by atoms with Crippen molar-refractivity contribution in [2.75, 3.05) is 6.54 Å². The van der Waals surface area contributed by atoms with E-state index in [-0.39, 0.29) is 29.6 Å². The van der Waals surface area contributed by atoms with Gasteiger partial charge in [0.15, 0.2) is 0 Å². The molecule has 142 valence electrons. The van der Waals surface area contributed by atoms with Crippen LogP contribution in [0.15, 0.2) is 53.7 Å². The number of pyridine rings is 1. The summed E-state index contributed by atoms with van der Waals surface area (Å²) in [4.78, 5) is 34.8. The molecule has 0 spiro atoms. The second kappa shape index (κ2) is 7.32. The van der Waals surface area contributed by atoms with Gasteiger partial charge >= 0.3 is 0 Å². The fourth-order valence-corrected chi connectivity index (χ4v) is 3.21. The molecule has 0 fully saturated rings. The Hall–Kier alpha value is -3.39. The van der Waals surface area contributed by atoms with E-state index in [1.54, 1.807) is 17.2 Å². The number of aromatic nitrogens is 3.